The van der Waals surface area contributed by atoms with E-state index in [4.69, 9.17) is 12.2 Å². The third kappa shape index (κ3) is 4.71. The van der Waals surface area contributed by atoms with Crippen LogP contribution in [0.3, 0.4) is 0 Å². The number of benzene rings is 1. The van der Waals surface area contributed by atoms with E-state index in [1.54, 1.807) is 17.1 Å². The van der Waals surface area contributed by atoms with Crippen molar-refractivity contribution in [2.75, 3.05) is 14.1 Å². The predicted octanol–water partition coefficient (Wildman–Crippen LogP) is 1.27. The Morgan fingerprint density at radius 3 is 2.47 bits per heavy atom. The zero-order valence-corrected chi connectivity index (χ0v) is 9.57. The van der Waals surface area contributed by atoms with Crippen LogP contribution in [0, 0.1) is 5.82 Å². The fourth-order valence-corrected chi connectivity index (χ4v) is 1.28. The van der Waals surface area contributed by atoms with Crippen LogP contribution in [0.4, 0.5) is 4.39 Å². The van der Waals surface area contributed by atoms with Crippen LogP contribution in [0.2, 0.25) is 0 Å². The fraction of sp³-hybridized carbons (Fsp3) is 0.300. The maximum atomic E-state index is 12.6. The molecule has 0 spiro atoms. The molecule has 0 unspecified atom stereocenters. The van der Waals surface area contributed by atoms with E-state index in [0.29, 0.717) is 11.7 Å². The van der Waals surface area contributed by atoms with Crippen LogP contribution >= 0.6 is 12.2 Å². The second-order valence-corrected chi connectivity index (χ2v) is 3.72. The Bertz CT molecular complexity index is 324. The first-order valence-electron chi connectivity index (χ1n) is 4.54. The molecule has 2 N–H and O–H groups in total. The van der Waals surface area contributed by atoms with Gasteiger partial charge < -0.3 is 5.32 Å². The first-order valence-corrected chi connectivity index (χ1v) is 4.95. The minimum atomic E-state index is -0.229. The van der Waals surface area contributed by atoms with Gasteiger partial charge in [-0.1, -0.05) is 12.1 Å². The monoisotopic (exact) mass is 227 g/mol. The van der Waals surface area contributed by atoms with Crippen LogP contribution in [0.1, 0.15) is 5.56 Å². The maximum Gasteiger partial charge on any atom is 0.181 e. The second kappa shape index (κ2) is 5.63. The number of hydrogen-bond acceptors (Lipinski definition) is 2. The molecule has 1 rings (SSSR count). The molecule has 0 atom stereocenters. The maximum absolute atomic E-state index is 12.6. The zero-order valence-electron chi connectivity index (χ0n) is 8.75. The predicted molar refractivity (Wildman–Crippen MR) is 62.7 cm³/mol. The number of nitrogens with one attached hydrogen (secondary N) is 2. The molecule has 0 aliphatic rings. The summed E-state index contributed by atoms with van der Waals surface area (Å²) < 4.78 is 12.6. The zero-order chi connectivity index (χ0) is 11.3. The lowest BCUT2D eigenvalue weighted by atomic mass is 10.2. The molecule has 0 saturated carbocycles. The van der Waals surface area contributed by atoms with E-state index in [1.165, 1.54) is 12.1 Å². The van der Waals surface area contributed by atoms with Crippen molar-refractivity contribution in [1.29, 1.82) is 0 Å². The molecule has 0 fully saturated rings. The van der Waals surface area contributed by atoms with Gasteiger partial charge in [-0.3, -0.25) is 5.43 Å². The first kappa shape index (κ1) is 11.9. The van der Waals surface area contributed by atoms with Crippen molar-refractivity contribution in [1.82, 2.24) is 15.8 Å². The summed E-state index contributed by atoms with van der Waals surface area (Å²) in [6.07, 6.45) is 0. The topological polar surface area (TPSA) is 27.3 Å². The van der Waals surface area contributed by atoms with Crippen molar-refractivity contribution in [3.05, 3.63) is 35.6 Å². The van der Waals surface area contributed by atoms with E-state index in [1.807, 2.05) is 14.1 Å². The Morgan fingerprint density at radius 1 is 1.33 bits per heavy atom. The second-order valence-electron chi connectivity index (χ2n) is 3.32. The average molecular weight is 227 g/mol. The molecule has 0 saturated heterocycles. The van der Waals surface area contributed by atoms with E-state index < -0.39 is 0 Å². The van der Waals surface area contributed by atoms with E-state index in [2.05, 4.69) is 10.7 Å². The average Bonchev–Trinajstić information content (AvgIpc) is 2.16. The first-order chi connectivity index (χ1) is 7.08. The number of nitrogens with zero attached hydrogens (tertiary/aromatic N) is 1. The van der Waals surface area contributed by atoms with Crippen LogP contribution in [-0.2, 0) is 6.54 Å². The summed E-state index contributed by atoms with van der Waals surface area (Å²) >= 11 is 5.02. The third-order valence-electron chi connectivity index (χ3n) is 1.69. The molecule has 0 aromatic heterocycles. The van der Waals surface area contributed by atoms with Crippen molar-refractivity contribution in [3.8, 4) is 0 Å². The van der Waals surface area contributed by atoms with Crippen molar-refractivity contribution >= 4 is 17.3 Å². The fourth-order valence-electron chi connectivity index (χ4n) is 1.03. The normalized spacial score (nSPS) is 10.1. The van der Waals surface area contributed by atoms with Crippen LogP contribution in [-0.4, -0.2) is 24.2 Å². The van der Waals surface area contributed by atoms with Gasteiger partial charge in [-0.15, -0.1) is 0 Å². The lowest BCUT2D eigenvalue weighted by Gasteiger charge is -2.15. The van der Waals surface area contributed by atoms with Crippen molar-refractivity contribution in [2.24, 2.45) is 0 Å². The van der Waals surface area contributed by atoms with Gasteiger partial charge in [-0.25, -0.2) is 9.40 Å². The standard InChI is InChI=1S/C10H14FN3S/c1-14(2)13-10(15)12-7-8-3-5-9(11)6-4-8/h3-6H,7H2,1-2H3,(H2,12,13,15). The highest BCUT2D eigenvalue weighted by Crippen LogP contribution is 2.01. The summed E-state index contributed by atoms with van der Waals surface area (Å²) in [5.41, 5.74) is 3.89. The lowest BCUT2D eigenvalue weighted by molar-refractivity contribution is 0.359. The van der Waals surface area contributed by atoms with Gasteiger partial charge in [0.05, 0.1) is 0 Å². The smallest absolute Gasteiger partial charge is 0.181 e. The summed E-state index contributed by atoms with van der Waals surface area (Å²) in [4.78, 5) is 0. The molecule has 0 aliphatic carbocycles. The van der Waals surface area contributed by atoms with E-state index in [9.17, 15) is 4.39 Å². The summed E-state index contributed by atoms with van der Waals surface area (Å²) in [5, 5.41) is 5.30. The molecule has 1 aromatic carbocycles. The van der Waals surface area contributed by atoms with Gasteiger partial charge in [0.2, 0.25) is 0 Å². The number of hydrazine groups is 1. The SMILES string of the molecule is CN(C)NC(=S)NCc1ccc(F)cc1. The van der Waals surface area contributed by atoms with Crippen LogP contribution in [0.25, 0.3) is 0 Å². The lowest BCUT2D eigenvalue weighted by Crippen LogP contribution is -2.42. The molecule has 3 nitrogen and oxygen atoms in total. The van der Waals surface area contributed by atoms with E-state index >= 15 is 0 Å². The molecule has 0 amide bonds. The molecule has 0 radical (unpaired) electrons. The summed E-state index contributed by atoms with van der Waals surface area (Å²) in [6, 6.07) is 6.31. The highest BCUT2D eigenvalue weighted by molar-refractivity contribution is 7.80. The molecule has 5 heteroatoms. The van der Waals surface area contributed by atoms with Gasteiger partial charge in [0, 0.05) is 20.6 Å². The third-order valence-corrected chi connectivity index (χ3v) is 1.93. The van der Waals surface area contributed by atoms with Gasteiger partial charge in [0.15, 0.2) is 5.11 Å². The Kier molecular flexibility index (Phi) is 4.45. The number of halogens is 1. The van der Waals surface area contributed by atoms with Crippen LogP contribution in [0.15, 0.2) is 24.3 Å². The van der Waals surface area contributed by atoms with Gasteiger partial charge in [0.1, 0.15) is 5.82 Å². The van der Waals surface area contributed by atoms with E-state index in [-0.39, 0.29) is 5.82 Å². The highest BCUT2D eigenvalue weighted by atomic mass is 32.1. The number of rotatable bonds is 3. The Morgan fingerprint density at radius 2 is 1.93 bits per heavy atom. The Labute approximate surface area is 94.2 Å². The molecule has 1 aromatic rings. The summed E-state index contributed by atoms with van der Waals surface area (Å²) in [7, 11) is 3.71. The quantitative estimate of drug-likeness (QED) is 0.600. The van der Waals surface area contributed by atoms with Crippen molar-refractivity contribution < 1.29 is 4.39 Å². The van der Waals surface area contributed by atoms with Crippen molar-refractivity contribution in [2.45, 2.75) is 6.54 Å². The van der Waals surface area contributed by atoms with Gasteiger partial charge >= 0.3 is 0 Å². The Balaban J connectivity index is 2.37. The summed E-state index contributed by atoms with van der Waals surface area (Å²) in [6.45, 7) is 0.583. The molecule has 15 heavy (non-hydrogen) atoms. The highest BCUT2D eigenvalue weighted by Gasteiger charge is 1.97. The number of hydrogen-bond donors (Lipinski definition) is 2. The molecular weight excluding hydrogens is 213 g/mol. The van der Waals surface area contributed by atoms with Gasteiger partial charge in [0.25, 0.3) is 0 Å². The molecule has 0 bridgehead atoms. The summed E-state index contributed by atoms with van der Waals surface area (Å²) in [5.74, 6) is -0.229. The van der Waals surface area contributed by atoms with Gasteiger partial charge in [-0.05, 0) is 29.9 Å². The molecule has 0 heterocycles. The Hall–Kier alpha value is -1.20. The molecule has 0 aliphatic heterocycles. The molecular formula is C10H14FN3S. The van der Waals surface area contributed by atoms with E-state index in [0.717, 1.165) is 5.56 Å². The van der Waals surface area contributed by atoms with Crippen LogP contribution in [0.5, 0.6) is 0 Å². The number of thiocarbonyl (C=S) groups is 1. The molecule has 82 valence electrons. The van der Waals surface area contributed by atoms with Crippen LogP contribution < -0.4 is 10.7 Å². The minimum Gasteiger partial charge on any atom is -0.358 e. The van der Waals surface area contributed by atoms with Crippen molar-refractivity contribution in [3.63, 3.8) is 0 Å². The largest absolute Gasteiger partial charge is 0.358 e. The minimum absolute atomic E-state index is 0.229. The van der Waals surface area contributed by atoms with Gasteiger partial charge in [-0.2, -0.15) is 0 Å².